The highest BCUT2D eigenvalue weighted by molar-refractivity contribution is 5.01. The molecular weight excluding hydrogens is 214 g/mol. The van der Waals surface area contributed by atoms with E-state index in [0.29, 0.717) is 12.2 Å². The first kappa shape index (κ1) is 11.9. The molecule has 1 atom stereocenters. The zero-order valence-electron chi connectivity index (χ0n) is 10.9. The van der Waals surface area contributed by atoms with E-state index in [1.807, 2.05) is 7.11 Å². The van der Waals surface area contributed by atoms with E-state index in [9.17, 15) is 0 Å². The molecule has 3 aliphatic rings. The largest absolute Gasteiger partial charge is 0.381 e. The first-order valence-corrected chi connectivity index (χ1v) is 7.21. The average Bonchev–Trinajstić information content (AvgIpc) is 2.78. The van der Waals surface area contributed by atoms with Gasteiger partial charge in [-0.2, -0.15) is 0 Å². The molecule has 1 unspecified atom stereocenters. The highest BCUT2D eigenvalue weighted by Crippen LogP contribution is 2.41. The van der Waals surface area contributed by atoms with Crippen LogP contribution in [0.15, 0.2) is 0 Å². The summed E-state index contributed by atoms with van der Waals surface area (Å²) in [5.74, 6) is 0.926. The Morgan fingerprint density at radius 2 is 2.06 bits per heavy atom. The fourth-order valence-corrected chi connectivity index (χ4v) is 3.82. The second kappa shape index (κ2) is 4.87. The standard InChI is InChI=1S/C14H25NO2/c1-16-13-7-14(8-13)10-15-9-12(17-14)6-11-4-2-3-5-11/h11-13,15H,2-10H2,1H3. The van der Waals surface area contributed by atoms with Crippen molar-refractivity contribution in [3.8, 4) is 0 Å². The van der Waals surface area contributed by atoms with Crippen molar-refractivity contribution in [2.24, 2.45) is 5.92 Å². The summed E-state index contributed by atoms with van der Waals surface area (Å²) in [7, 11) is 1.81. The molecule has 98 valence electrons. The smallest absolute Gasteiger partial charge is 0.0860 e. The first-order chi connectivity index (χ1) is 8.30. The van der Waals surface area contributed by atoms with Crippen LogP contribution in [0.25, 0.3) is 0 Å². The predicted molar refractivity (Wildman–Crippen MR) is 67.1 cm³/mol. The fourth-order valence-electron chi connectivity index (χ4n) is 3.82. The van der Waals surface area contributed by atoms with E-state index in [1.54, 1.807) is 0 Å². The summed E-state index contributed by atoms with van der Waals surface area (Å²) in [6.07, 6.45) is 10.0. The van der Waals surface area contributed by atoms with Gasteiger partial charge in [-0.1, -0.05) is 25.7 Å². The third-order valence-corrected chi connectivity index (χ3v) is 4.84. The van der Waals surface area contributed by atoms with Gasteiger partial charge < -0.3 is 14.8 Å². The Balaban J connectivity index is 1.50. The van der Waals surface area contributed by atoms with E-state index < -0.39 is 0 Å². The van der Waals surface area contributed by atoms with Crippen LogP contribution in [0.5, 0.6) is 0 Å². The van der Waals surface area contributed by atoms with Gasteiger partial charge in [-0.25, -0.2) is 0 Å². The van der Waals surface area contributed by atoms with Crippen LogP contribution in [0.4, 0.5) is 0 Å². The molecule has 1 aliphatic heterocycles. The Labute approximate surface area is 104 Å². The second-order valence-corrected chi connectivity index (χ2v) is 6.21. The Morgan fingerprint density at radius 3 is 2.76 bits per heavy atom. The van der Waals surface area contributed by atoms with Gasteiger partial charge in [0.2, 0.25) is 0 Å². The molecule has 3 fully saturated rings. The SMILES string of the molecule is COC1CC2(CNCC(CC3CCCC3)O2)C1. The summed E-state index contributed by atoms with van der Waals surface area (Å²) in [6.45, 7) is 2.07. The summed E-state index contributed by atoms with van der Waals surface area (Å²) in [6, 6.07) is 0. The number of nitrogens with one attached hydrogen (secondary N) is 1. The normalized spacial score (nSPS) is 42.9. The lowest BCUT2D eigenvalue weighted by Crippen LogP contribution is -2.62. The minimum absolute atomic E-state index is 0.113. The Hall–Kier alpha value is -0.120. The predicted octanol–water partition coefficient (Wildman–Crippen LogP) is 2.10. The van der Waals surface area contributed by atoms with Gasteiger partial charge >= 0.3 is 0 Å². The van der Waals surface area contributed by atoms with Crippen LogP contribution in [0.2, 0.25) is 0 Å². The maximum Gasteiger partial charge on any atom is 0.0860 e. The van der Waals surface area contributed by atoms with E-state index in [4.69, 9.17) is 9.47 Å². The van der Waals surface area contributed by atoms with Crippen LogP contribution in [-0.4, -0.2) is 38.0 Å². The molecule has 0 bridgehead atoms. The molecule has 0 radical (unpaired) electrons. The maximum atomic E-state index is 6.36. The highest BCUT2D eigenvalue weighted by Gasteiger charge is 2.48. The van der Waals surface area contributed by atoms with Crippen LogP contribution in [0.3, 0.4) is 0 Å². The molecule has 3 heteroatoms. The van der Waals surface area contributed by atoms with Gasteiger partial charge in [-0.05, 0) is 12.3 Å². The van der Waals surface area contributed by atoms with E-state index in [1.165, 1.54) is 32.1 Å². The van der Waals surface area contributed by atoms with Crippen molar-refractivity contribution in [2.45, 2.75) is 62.8 Å². The van der Waals surface area contributed by atoms with Gasteiger partial charge in [0, 0.05) is 33.0 Å². The molecular formula is C14H25NO2. The molecule has 1 saturated heterocycles. The van der Waals surface area contributed by atoms with Crippen molar-refractivity contribution in [1.29, 1.82) is 0 Å². The number of methoxy groups -OCH3 is 1. The third-order valence-electron chi connectivity index (χ3n) is 4.84. The van der Waals surface area contributed by atoms with Crippen LogP contribution in [0.1, 0.15) is 44.9 Å². The molecule has 0 aromatic carbocycles. The molecule has 17 heavy (non-hydrogen) atoms. The van der Waals surface area contributed by atoms with Crippen LogP contribution in [0, 0.1) is 5.92 Å². The van der Waals surface area contributed by atoms with Gasteiger partial charge in [0.05, 0.1) is 17.8 Å². The lowest BCUT2D eigenvalue weighted by Gasteiger charge is -2.51. The summed E-state index contributed by atoms with van der Waals surface area (Å²) >= 11 is 0. The molecule has 1 N–H and O–H groups in total. The maximum absolute atomic E-state index is 6.36. The van der Waals surface area contributed by atoms with Crippen molar-refractivity contribution >= 4 is 0 Å². The van der Waals surface area contributed by atoms with Crippen molar-refractivity contribution in [1.82, 2.24) is 5.32 Å². The molecule has 2 aliphatic carbocycles. The highest BCUT2D eigenvalue weighted by atomic mass is 16.5. The number of hydrogen-bond donors (Lipinski definition) is 1. The summed E-state index contributed by atoms with van der Waals surface area (Å²) < 4.78 is 11.7. The molecule has 0 aromatic heterocycles. The molecule has 1 heterocycles. The molecule has 3 rings (SSSR count). The van der Waals surface area contributed by atoms with Crippen LogP contribution < -0.4 is 5.32 Å². The molecule has 2 saturated carbocycles. The van der Waals surface area contributed by atoms with Crippen molar-refractivity contribution in [3.05, 3.63) is 0 Å². The monoisotopic (exact) mass is 239 g/mol. The Kier molecular flexibility index (Phi) is 3.42. The van der Waals surface area contributed by atoms with Crippen LogP contribution >= 0.6 is 0 Å². The molecule has 0 amide bonds. The third kappa shape index (κ3) is 2.51. The van der Waals surface area contributed by atoms with Crippen molar-refractivity contribution in [2.75, 3.05) is 20.2 Å². The van der Waals surface area contributed by atoms with E-state index in [2.05, 4.69) is 5.32 Å². The van der Waals surface area contributed by atoms with Gasteiger partial charge in [-0.3, -0.25) is 0 Å². The topological polar surface area (TPSA) is 30.5 Å². The average molecular weight is 239 g/mol. The second-order valence-electron chi connectivity index (χ2n) is 6.21. The quantitative estimate of drug-likeness (QED) is 0.818. The zero-order chi connectivity index (χ0) is 11.7. The summed E-state index contributed by atoms with van der Waals surface area (Å²) in [5, 5.41) is 3.57. The number of ether oxygens (including phenoxy) is 2. The minimum Gasteiger partial charge on any atom is -0.381 e. The van der Waals surface area contributed by atoms with E-state index >= 15 is 0 Å². The lowest BCUT2D eigenvalue weighted by atomic mass is 9.76. The van der Waals surface area contributed by atoms with Crippen molar-refractivity contribution < 1.29 is 9.47 Å². The number of hydrogen-bond acceptors (Lipinski definition) is 3. The molecule has 0 aromatic rings. The summed E-state index contributed by atoms with van der Waals surface area (Å²) in [5.41, 5.74) is 0.113. The summed E-state index contributed by atoms with van der Waals surface area (Å²) in [4.78, 5) is 0. The van der Waals surface area contributed by atoms with E-state index in [0.717, 1.165) is 31.8 Å². The van der Waals surface area contributed by atoms with Gasteiger partial charge in [-0.15, -0.1) is 0 Å². The minimum atomic E-state index is 0.113. The van der Waals surface area contributed by atoms with Gasteiger partial charge in [0.1, 0.15) is 0 Å². The number of morpholine rings is 1. The van der Waals surface area contributed by atoms with Crippen molar-refractivity contribution in [3.63, 3.8) is 0 Å². The molecule has 3 nitrogen and oxygen atoms in total. The first-order valence-electron chi connectivity index (χ1n) is 7.21. The Morgan fingerprint density at radius 1 is 1.29 bits per heavy atom. The lowest BCUT2D eigenvalue weighted by molar-refractivity contribution is -0.205. The Bertz CT molecular complexity index is 257. The van der Waals surface area contributed by atoms with Gasteiger partial charge in [0.25, 0.3) is 0 Å². The zero-order valence-corrected chi connectivity index (χ0v) is 10.9. The van der Waals surface area contributed by atoms with E-state index in [-0.39, 0.29) is 5.60 Å². The number of rotatable bonds is 3. The fraction of sp³-hybridized carbons (Fsp3) is 1.00. The van der Waals surface area contributed by atoms with Gasteiger partial charge in [0.15, 0.2) is 0 Å². The van der Waals surface area contributed by atoms with Crippen LogP contribution in [-0.2, 0) is 9.47 Å². The molecule has 1 spiro atoms.